The van der Waals surface area contributed by atoms with Crippen molar-refractivity contribution in [1.82, 2.24) is 5.43 Å². The van der Waals surface area contributed by atoms with Crippen LogP contribution in [0.15, 0.2) is 64.6 Å². The van der Waals surface area contributed by atoms with Crippen molar-refractivity contribution in [1.29, 1.82) is 0 Å². The smallest absolute Gasteiger partial charge is 0.267 e. The number of nitrogens with one attached hydrogen (secondary N) is 1. The Morgan fingerprint density at radius 1 is 1.09 bits per heavy atom. The normalized spacial score (nSPS) is 11.5. The summed E-state index contributed by atoms with van der Waals surface area (Å²) < 4.78 is 24.2. The zero-order valence-corrected chi connectivity index (χ0v) is 13.6. The van der Waals surface area contributed by atoms with E-state index >= 15 is 0 Å². The van der Waals surface area contributed by atoms with Gasteiger partial charge in [-0.3, -0.25) is 4.79 Å². The lowest BCUT2D eigenvalue weighted by atomic mass is 10.2. The van der Waals surface area contributed by atoms with Crippen LogP contribution in [-0.4, -0.2) is 26.3 Å². The minimum atomic E-state index is -3.33. The fourth-order valence-corrected chi connectivity index (χ4v) is 3.10. The van der Waals surface area contributed by atoms with Crippen LogP contribution in [0.25, 0.3) is 0 Å². The first-order valence-corrected chi connectivity index (χ1v) is 8.80. The number of hydrogen-bond donors (Lipinski definition) is 1. The van der Waals surface area contributed by atoms with Gasteiger partial charge in [0, 0.05) is 11.8 Å². The lowest BCUT2D eigenvalue weighted by Gasteiger charge is -2.03. The van der Waals surface area contributed by atoms with E-state index in [0.29, 0.717) is 10.5 Å². The van der Waals surface area contributed by atoms with Gasteiger partial charge in [0.2, 0.25) is 0 Å². The molecule has 2 aromatic rings. The van der Waals surface area contributed by atoms with Crippen molar-refractivity contribution in [2.24, 2.45) is 5.10 Å². The Morgan fingerprint density at radius 2 is 1.74 bits per heavy atom. The molecule has 0 radical (unpaired) electrons. The van der Waals surface area contributed by atoms with Gasteiger partial charge in [0.05, 0.1) is 10.6 Å². The van der Waals surface area contributed by atoms with E-state index in [1.165, 1.54) is 6.21 Å². The fraction of sp³-hybridized carbons (Fsp3) is 0.176. The summed E-state index contributed by atoms with van der Waals surface area (Å²) in [6, 6.07) is 15.4. The van der Waals surface area contributed by atoms with Crippen LogP contribution in [0.5, 0.6) is 0 Å². The van der Waals surface area contributed by atoms with E-state index in [-0.39, 0.29) is 18.1 Å². The summed E-state index contributed by atoms with van der Waals surface area (Å²) in [5, 5.41) is 3.77. The molecular formula is C17H18N2O3S. The van der Waals surface area contributed by atoms with E-state index in [9.17, 15) is 13.2 Å². The fourth-order valence-electron chi connectivity index (χ4n) is 1.89. The molecule has 0 saturated carbocycles. The van der Waals surface area contributed by atoms with Gasteiger partial charge in [-0.1, -0.05) is 35.9 Å². The van der Waals surface area contributed by atoms with E-state index < -0.39 is 9.84 Å². The number of sulfone groups is 1. The van der Waals surface area contributed by atoms with Crippen LogP contribution < -0.4 is 5.43 Å². The van der Waals surface area contributed by atoms with Crippen molar-refractivity contribution in [3.8, 4) is 0 Å². The van der Waals surface area contributed by atoms with Crippen LogP contribution in [-0.2, 0) is 9.84 Å². The third-order valence-electron chi connectivity index (χ3n) is 3.19. The molecule has 0 spiro atoms. The summed E-state index contributed by atoms with van der Waals surface area (Å²) in [6.07, 6.45) is 1.62. The minimum absolute atomic E-state index is 0.0548. The van der Waals surface area contributed by atoms with Crippen molar-refractivity contribution >= 4 is 22.0 Å². The zero-order valence-electron chi connectivity index (χ0n) is 12.8. The largest absolute Gasteiger partial charge is 0.271 e. The second-order valence-electron chi connectivity index (χ2n) is 5.04. The summed E-state index contributed by atoms with van der Waals surface area (Å²) in [5.74, 6) is -0.385. The molecule has 2 aromatic carbocycles. The first-order valence-electron chi connectivity index (χ1n) is 7.15. The lowest BCUT2D eigenvalue weighted by molar-refractivity contribution is 0.0955. The number of rotatable bonds is 6. The second-order valence-corrected chi connectivity index (χ2v) is 7.15. The summed E-state index contributed by atoms with van der Waals surface area (Å²) in [6.45, 7) is 1.90. The number of nitrogens with zero attached hydrogens (tertiary/aromatic N) is 1. The number of carbonyl (C=O) groups excluding carboxylic acids is 1. The molecule has 120 valence electrons. The molecule has 0 aliphatic heterocycles. The maximum absolute atomic E-state index is 12.1. The molecule has 2 rings (SSSR count). The first-order chi connectivity index (χ1) is 11.0. The van der Waals surface area contributed by atoms with Crippen LogP contribution in [0, 0.1) is 6.92 Å². The molecule has 0 aliphatic carbocycles. The van der Waals surface area contributed by atoms with Crippen molar-refractivity contribution in [2.75, 3.05) is 5.75 Å². The minimum Gasteiger partial charge on any atom is -0.267 e. The van der Waals surface area contributed by atoms with Crippen molar-refractivity contribution in [3.05, 3.63) is 65.7 Å². The van der Waals surface area contributed by atoms with E-state index in [1.54, 1.807) is 48.5 Å². The zero-order chi connectivity index (χ0) is 16.7. The Bertz CT molecular complexity index is 782. The van der Waals surface area contributed by atoms with Crippen molar-refractivity contribution in [2.45, 2.75) is 18.2 Å². The standard InChI is InChI=1S/C17H18N2O3S/c1-14-8-10-16(11-9-14)23(21,22)13-5-12-18-19-17(20)15-6-3-2-4-7-15/h2-4,6-12H,5,13H2,1H3,(H,19,20). The van der Waals surface area contributed by atoms with E-state index in [1.807, 2.05) is 13.0 Å². The summed E-state index contributed by atoms with van der Waals surface area (Å²) >= 11 is 0. The predicted molar refractivity (Wildman–Crippen MR) is 90.2 cm³/mol. The van der Waals surface area contributed by atoms with Gasteiger partial charge in [-0.05, 0) is 37.6 Å². The van der Waals surface area contributed by atoms with Gasteiger partial charge in [-0.15, -0.1) is 0 Å². The summed E-state index contributed by atoms with van der Waals surface area (Å²) in [5.41, 5.74) is 3.87. The molecule has 5 nitrogen and oxygen atoms in total. The molecule has 0 atom stereocenters. The quantitative estimate of drug-likeness (QED) is 0.653. The average Bonchev–Trinajstić information content (AvgIpc) is 2.55. The Balaban J connectivity index is 1.84. The van der Waals surface area contributed by atoms with Gasteiger partial charge in [0.15, 0.2) is 9.84 Å². The van der Waals surface area contributed by atoms with Crippen LogP contribution in [0.2, 0.25) is 0 Å². The van der Waals surface area contributed by atoms with Gasteiger partial charge < -0.3 is 0 Å². The molecular weight excluding hydrogens is 312 g/mol. The van der Waals surface area contributed by atoms with Crippen LogP contribution in [0.3, 0.4) is 0 Å². The Kier molecular flexibility index (Phi) is 5.65. The summed E-state index contributed by atoms with van der Waals surface area (Å²) in [7, 11) is -3.33. The number of carbonyl (C=O) groups is 1. The Labute approximate surface area is 136 Å². The molecule has 0 bridgehead atoms. The highest BCUT2D eigenvalue weighted by Crippen LogP contribution is 2.12. The highest BCUT2D eigenvalue weighted by Gasteiger charge is 2.12. The number of hydrazone groups is 1. The van der Waals surface area contributed by atoms with Crippen molar-refractivity contribution < 1.29 is 13.2 Å². The SMILES string of the molecule is Cc1ccc(S(=O)(=O)CCC=NNC(=O)c2ccccc2)cc1. The molecule has 0 fully saturated rings. The molecule has 6 heteroatoms. The van der Waals surface area contributed by atoms with E-state index in [4.69, 9.17) is 0 Å². The van der Waals surface area contributed by atoms with Gasteiger partial charge in [-0.25, -0.2) is 13.8 Å². The van der Waals surface area contributed by atoms with E-state index in [2.05, 4.69) is 10.5 Å². The number of amides is 1. The van der Waals surface area contributed by atoms with Gasteiger partial charge in [-0.2, -0.15) is 5.10 Å². The Morgan fingerprint density at radius 3 is 2.39 bits per heavy atom. The molecule has 0 aromatic heterocycles. The molecule has 23 heavy (non-hydrogen) atoms. The van der Waals surface area contributed by atoms with Crippen LogP contribution in [0.1, 0.15) is 22.3 Å². The van der Waals surface area contributed by atoms with Gasteiger partial charge in [0.1, 0.15) is 0 Å². The number of aryl methyl sites for hydroxylation is 1. The number of benzene rings is 2. The van der Waals surface area contributed by atoms with Crippen LogP contribution in [0.4, 0.5) is 0 Å². The molecule has 1 amide bonds. The highest BCUT2D eigenvalue weighted by atomic mass is 32.2. The number of hydrogen-bond acceptors (Lipinski definition) is 4. The monoisotopic (exact) mass is 330 g/mol. The molecule has 0 unspecified atom stereocenters. The highest BCUT2D eigenvalue weighted by molar-refractivity contribution is 7.91. The molecule has 0 heterocycles. The van der Waals surface area contributed by atoms with Crippen molar-refractivity contribution in [3.63, 3.8) is 0 Å². The molecule has 0 saturated heterocycles. The molecule has 1 N–H and O–H groups in total. The summed E-state index contributed by atoms with van der Waals surface area (Å²) in [4.78, 5) is 12.0. The second kappa shape index (κ2) is 7.69. The maximum atomic E-state index is 12.1. The van der Waals surface area contributed by atoms with Gasteiger partial charge >= 0.3 is 0 Å². The lowest BCUT2D eigenvalue weighted by Crippen LogP contribution is -2.17. The van der Waals surface area contributed by atoms with Crippen LogP contribution >= 0.6 is 0 Å². The topological polar surface area (TPSA) is 75.6 Å². The third kappa shape index (κ3) is 5.03. The predicted octanol–water partition coefficient (Wildman–Crippen LogP) is 2.57. The third-order valence-corrected chi connectivity index (χ3v) is 4.95. The Hall–Kier alpha value is -2.47. The maximum Gasteiger partial charge on any atom is 0.271 e. The average molecular weight is 330 g/mol. The van der Waals surface area contributed by atoms with Gasteiger partial charge in [0.25, 0.3) is 5.91 Å². The van der Waals surface area contributed by atoms with E-state index in [0.717, 1.165) is 5.56 Å². The first kappa shape index (κ1) is 16.9. The molecule has 0 aliphatic rings.